The van der Waals surface area contributed by atoms with Crippen molar-refractivity contribution < 1.29 is 24.6 Å². The van der Waals surface area contributed by atoms with E-state index in [1.807, 2.05) is 12.1 Å². The molecule has 0 bridgehead atoms. The summed E-state index contributed by atoms with van der Waals surface area (Å²) in [5.74, 6) is -0.543. The van der Waals surface area contributed by atoms with Crippen molar-refractivity contribution in [3.63, 3.8) is 0 Å². The molecule has 2 amide bonds. The number of phenols is 1. The lowest BCUT2D eigenvalue weighted by Crippen LogP contribution is -2.40. The standard InChI is InChI=1S/C29H28N4O5/c1-38-32-23-14-24(15-28(36)31-17-27(35)21-6-4-7-25(34)13-21)33(18-23)29(37)20-11-9-19(10-12-20)26-8-3-2-5-22(26)16-30/h2-13,24,27,34-35H,14-15,17-18H2,1H3,(H,31,36)/t24-,27?/m0/s1. The lowest BCUT2D eigenvalue weighted by Gasteiger charge is -2.24. The number of phenolic OH excluding ortho intramolecular Hbond substituents is 1. The fraction of sp³-hybridized carbons (Fsp3) is 0.241. The van der Waals surface area contributed by atoms with E-state index < -0.39 is 12.1 Å². The molecule has 0 aromatic heterocycles. The van der Waals surface area contributed by atoms with Crippen LogP contribution in [-0.2, 0) is 9.63 Å². The summed E-state index contributed by atoms with van der Waals surface area (Å²) >= 11 is 0. The molecule has 0 aliphatic carbocycles. The Kier molecular flexibility index (Phi) is 8.36. The summed E-state index contributed by atoms with van der Waals surface area (Å²) in [6.45, 7) is 0.198. The minimum atomic E-state index is -0.984. The minimum absolute atomic E-state index is 0.0227. The van der Waals surface area contributed by atoms with Gasteiger partial charge in [0.1, 0.15) is 12.9 Å². The fourth-order valence-electron chi connectivity index (χ4n) is 4.52. The van der Waals surface area contributed by atoms with Gasteiger partial charge in [-0.2, -0.15) is 5.26 Å². The van der Waals surface area contributed by atoms with E-state index in [1.54, 1.807) is 53.4 Å². The number of carbonyl (C=O) groups is 2. The third-order valence-electron chi connectivity index (χ3n) is 6.41. The molecule has 1 unspecified atom stereocenters. The third kappa shape index (κ3) is 6.17. The summed E-state index contributed by atoms with van der Waals surface area (Å²) in [4.78, 5) is 32.7. The molecular weight excluding hydrogens is 484 g/mol. The molecular formula is C29H28N4O5. The first kappa shape index (κ1) is 26.4. The van der Waals surface area contributed by atoms with Gasteiger partial charge in [0.2, 0.25) is 5.91 Å². The van der Waals surface area contributed by atoms with E-state index in [-0.39, 0.29) is 37.1 Å². The lowest BCUT2D eigenvalue weighted by atomic mass is 9.99. The number of rotatable bonds is 8. The average Bonchev–Trinajstić information content (AvgIpc) is 3.33. The van der Waals surface area contributed by atoms with Crippen molar-refractivity contribution in [1.82, 2.24) is 10.2 Å². The molecule has 2 atom stereocenters. The highest BCUT2D eigenvalue weighted by atomic mass is 16.6. The van der Waals surface area contributed by atoms with E-state index in [0.29, 0.717) is 28.8 Å². The Labute approximate surface area is 220 Å². The number of aliphatic hydroxyl groups excluding tert-OH is 1. The SMILES string of the molecule is CON=C1C[C@@H](CC(=O)NCC(O)c2cccc(O)c2)N(C(=O)c2ccc(-c3ccccc3C#N)cc2)C1. The summed E-state index contributed by atoms with van der Waals surface area (Å²) in [5, 5.41) is 36.0. The number of aromatic hydroxyl groups is 1. The van der Waals surface area contributed by atoms with Crippen LogP contribution in [0, 0.1) is 11.3 Å². The van der Waals surface area contributed by atoms with Gasteiger partial charge in [-0.25, -0.2) is 0 Å². The van der Waals surface area contributed by atoms with Crippen LogP contribution >= 0.6 is 0 Å². The van der Waals surface area contributed by atoms with Crippen molar-refractivity contribution in [2.45, 2.75) is 25.0 Å². The maximum Gasteiger partial charge on any atom is 0.254 e. The number of nitrogens with one attached hydrogen (secondary N) is 1. The van der Waals surface area contributed by atoms with E-state index >= 15 is 0 Å². The van der Waals surface area contributed by atoms with Gasteiger partial charge in [0, 0.05) is 31.0 Å². The van der Waals surface area contributed by atoms with Gasteiger partial charge < -0.3 is 25.3 Å². The smallest absolute Gasteiger partial charge is 0.254 e. The van der Waals surface area contributed by atoms with Gasteiger partial charge in [-0.15, -0.1) is 0 Å². The topological polar surface area (TPSA) is 135 Å². The molecule has 3 N–H and O–H groups in total. The average molecular weight is 513 g/mol. The van der Waals surface area contributed by atoms with Crippen LogP contribution in [0.3, 0.4) is 0 Å². The first-order valence-corrected chi connectivity index (χ1v) is 12.1. The number of hydrogen-bond acceptors (Lipinski definition) is 7. The van der Waals surface area contributed by atoms with Gasteiger partial charge in [-0.05, 0) is 47.0 Å². The molecule has 3 aromatic carbocycles. The van der Waals surface area contributed by atoms with E-state index in [9.17, 15) is 25.1 Å². The van der Waals surface area contributed by atoms with Crippen molar-refractivity contribution in [3.8, 4) is 22.9 Å². The van der Waals surface area contributed by atoms with Crippen LogP contribution in [0.2, 0.25) is 0 Å². The Morgan fingerprint density at radius 2 is 1.92 bits per heavy atom. The number of amides is 2. The van der Waals surface area contributed by atoms with Crippen LogP contribution in [0.1, 0.15) is 40.4 Å². The Hall–Kier alpha value is -4.68. The summed E-state index contributed by atoms with van der Waals surface area (Å²) in [6, 6.07) is 22.2. The second-order valence-electron chi connectivity index (χ2n) is 8.98. The first-order valence-electron chi connectivity index (χ1n) is 12.1. The van der Waals surface area contributed by atoms with Crippen molar-refractivity contribution in [3.05, 3.63) is 89.5 Å². The molecule has 4 rings (SSSR count). The van der Waals surface area contributed by atoms with Crippen LogP contribution in [0.4, 0.5) is 0 Å². The number of aliphatic hydroxyl groups is 1. The van der Waals surface area contributed by atoms with Crippen molar-refractivity contribution in [2.75, 3.05) is 20.2 Å². The molecule has 9 heteroatoms. The largest absolute Gasteiger partial charge is 0.508 e. The Bertz CT molecular complexity index is 1380. The van der Waals surface area contributed by atoms with E-state index in [2.05, 4.69) is 16.5 Å². The molecule has 9 nitrogen and oxygen atoms in total. The number of likely N-dealkylation sites (tertiary alicyclic amines) is 1. The number of hydrogen-bond donors (Lipinski definition) is 3. The maximum atomic E-state index is 13.4. The third-order valence-corrected chi connectivity index (χ3v) is 6.41. The van der Waals surface area contributed by atoms with Crippen LogP contribution < -0.4 is 5.32 Å². The zero-order valence-corrected chi connectivity index (χ0v) is 20.9. The summed E-state index contributed by atoms with van der Waals surface area (Å²) in [7, 11) is 1.43. The second kappa shape index (κ2) is 12.0. The number of oxime groups is 1. The zero-order valence-electron chi connectivity index (χ0n) is 20.9. The molecule has 1 saturated heterocycles. The number of nitriles is 1. The van der Waals surface area contributed by atoms with Crippen molar-refractivity contribution >= 4 is 17.5 Å². The molecule has 1 aliphatic rings. The summed E-state index contributed by atoms with van der Waals surface area (Å²) in [5.41, 5.74) is 3.74. The number of benzene rings is 3. The molecule has 38 heavy (non-hydrogen) atoms. The monoisotopic (exact) mass is 512 g/mol. The molecule has 0 saturated carbocycles. The first-order chi connectivity index (χ1) is 18.4. The number of nitrogens with zero attached hydrogens (tertiary/aromatic N) is 3. The Morgan fingerprint density at radius 3 is 2.63 bits per heavy atom. The molecule has 194 valence electrons. The lowest BCUT2D eigenvalue weighted by molar-refractivity contribution is -0.122. The van der Waals surface area contributed by atoms with Crippen LogP contribution in [-0.4, -0.2) is 58.9 Å². The molecule has 1 aliphatic heterocycles. The minimum Gasteiger partial charge on any atom is -0.508 e. The predicted molar refractivity (Wildman–Crippen MR) is 141 cm³/mol. The van der Waals surface area contributed by atoms with Crippen molar-refractivity contribution in [1.29, 1.82) is 5.26 Å². The van der Waals surface area contributed by atoms with E-state index in [0.717, 1.165) is 11.1 Å². The van der Waals surface area contributed by atoms with Gasteiger partial charge in [-0.1, -0.05) is 47.6 Å². The molecule has 0 radical (unpaired) electrons. The van der Waals surface area contributed by atoms with E-state index in [4.69, 9.17) is 4.84 Å². The fourth-order valence-corrected chi connectivity index (χ4v) is 4.52. The Morgan fingerprint density at radius 1 is 1.16 bits per heavy atom. The molecule has 0 spiro atoms. The van der Waals surface area contributed by atoms with Gasteiger partial charge in [0.25, 0.3) is 5.91 Å². The van der Waals surface area contributed by atoms with Gasteiger partial charge in [0.05, 0.1) is 30.0 Å². The van der Waals surface area contributed by atoms with Gasteiger partial charge in [-0.3, -0.25) is 9.59 Å². The molecule has 3 aromatic rings. The van der Waals surface area contributed by atoms with Crippen LogP contribution in [0.15, 0.2) is 78.0 Å². The summed E-state index contributed by atoms with van der Waals surface area (Å²) in [6.07, 6.45) is -0.576. The Balaban J connectivity index is 1.44. The maximum absolute atomic E-state index is 13.4. The molecule has 1 fully saturated rings. The highest BCUT2D eigenvalue weighted by Crippen LogP contribution is 2.26. The quantitative estimate of drug-likeness (QED) is 0.396. The predicted octanol–water partition coefficient (Wildman–Crippen LogP) is 3.39. The van der Waals surface area contributed by atoms with Gasteiger partial charge >= 0.3 is 0 Å². The van der Waals surface area contributed by atoms with Crippen LogP contribution in [0.25, 0.3) is 11.1 Å². The van der Waals surface area contributed by atoms with Gasteiger partial charge in [0.15, 0.2) is 0 Å². The zero-order chi connectivity index (χ0) is 27.1. The highest BCUT2D eigenvalue weighted by molar-refractivity contribution is 6.01. The van der Waals surface area contributed by atoms with Crippen molar-refractivity contribution in [2.24, 2.45) is 5.16 Å². The highest BCUT2D eigenvalue weighted by Gasteiger charge is 2.35. The normalized spacial score (nSPS) is 16.6. The molecule has 1 heterocycles. The number of carbonyl (C=O) groups excluding carboxylic acids is 2. The van der Waals surface area contributed by atoms with Crippen LogP contribution in [0.5, 0.6) is 5.75 Å². The second-order valence-corrected chi connectivity index (χ2v) is 8.98. The summed E-state index contributed by atoms with van der Waals surface area (Å²) < 4.78 is 0. The van der Waals surface area contributed by atoms with E-state index in [1.165, 1.54) is 19.2 Å².